The Labute approximate surface area is 155 Å². The van der Waals surface area contributed by atoms with Crippen LogP contribution in [-0.4, -0.2) is 26.7 Å². The lowest BCUT2D eigenvalue weighted by Gasteiger charge is -2.64. The molecule has 0 aromatic heterocycles. The van der Waals surface area contributed by atoms with Crippen molar-refractivity contribution < 1.29 is 9.90 Å². The molecule has 0 radical (unpaired) electrons. The van der Waals surface area contributed by atoms with Crippen molar-refractivity contribution in [2.75, 3.05) is 0 Å². The molecule has 4 aliphatic carbocycles. The van der Waals surface area contributed by atoms with Crippen LogP contribution in [0.3, 0.4) is 0 Å². The van der Waals surface area contributed by atoms with E-state index in [9.17, 15) is 9.90 Å². The average Bonchev–Trinajstić information content (AvgIpc) is 2.72. The molecule has 0 heterocycles. The summed E-state index contributed by atoms with van der Waals surface area (Å²) in [5.41, 5.74) is 0.185. The standard InChI is InChI=1S/C20H28Cl2O2/c1-17-8-6-13(23)10-12(17)4-5-15-14-7-9-19(3,24)18(14,2)11-16(21)20(15,17)22/h10,14-16,24H,4-9,11H2,1-3H3/t14-,15-,16+,17-,18-,19+,20-/m0/s1. The van der Waals surface area contributed by atoms with Crippen molar-refractivity contribution >= 4 is 29.0 Å². The van der Waals surface area contributed by atoms with Crippen molar-refractivity contribution in [1.29, 1.82) is 0 Å². The molecule has 0 aromatic carbocycles. The van der Waals surface area contributed by atoms with Gasteiger partial charge in [-0.2, -0.15) is 0 Å². The number of hydrogen-bond donors (Lipinski definition) is 1. The summed E-state index contributed by atoms with van der Waals surface area (Å²) in [5.74, 6) is 0.956. The molecule has 2 nitrogen and oxygen atoms in total. The molecule has 3 saturated carbocycles. The Morgan fingerprint density at radius 3 is 2.54 bits per heavy atom. The highest BCUT2D eigenvalue weighted by Crippen LogP contribution is 2.71. The van der Waals surface area contributed by atoms with E-state index < -0.39 is 10.5 Å². The van der Waals surface area contributed by atoms with Gasteiger partial charge in [-0.25, -0.2) is 0 Å². The summed E-state index contributed by atoms with van der Waals surface area (Å²) < 4.78 is 0. The molecule has 4 rings (SSSR count). The van der Waals surface area contributed by atoms with E-state index in [1.165, 1.54) is 5.57 Å². The van der Waals surface area contributed by atoms with E-state index in [1.54, 1.807) is 0 Å². The molecule has 0 spiro atoms. The quantitative estimate of drug-likeness (QED) is 0.618. The molecule has 0 amide bonds. The van der Waals surface area contributed by atoms with Gasteiger partial charge in [0.15, 0.2) is 5.78 Å². The highest BCUT2D eigenvalue weighted by atomic mass is 35.5. The van der Waals surface area contributed by atoms with Gasteiger partial charge in [0.25, 0.3) is 0 Å². The zero-order valence-corrected chi connectivity index (χ0v) is 16.4. The van der Waals surface area contributed by atoms with Gasteiger partial charge in [0.05, 0.1) is 15.9 Å². The van der Waals surface area contributed by atoms with Gasteiger partial charge in [-0.3, -0.25) is 4.79 Å². The summed E-state index contributed by atoms with van der Waals surface area (Å²) in [6, 6.07) is 0. The maximum absolute atomic E-state index is 11.9. The van der Waals surface area contributed by atoms with Crippen LogP contribution in [0.1, 0.15) is 65.7 Å². The van der Waals surface area contributed by atoms with Crippen LogP contribution >= 0.6 is 23.2 Å². The van der Waals surface area contributed by atoms with E-state index in [0.717, 1.165) is 38.5 Å². The predicted octanol–water partition coefficient (Wildman–Crippen LogP) is 4.85. The first kappa shape index (κ1) is 17.4. The van der Waals surface area contributed by atoms with Crippen LogP contribution in [0, 0.1) is 22.7 Å². The number of carbonyl (C=O) groups excluding carboxylic acids is 1. The van der Waals surface area contributed by atoms with Gasteiger partial charge in [0.2, 0.25) is 0 Å². The number of carbonyl (C=O) groups is 1. The molecule has 0 unspecified atom stereocenters. The molecule has 134 valence electrons. The summed E-state index contributed by atoms with van der Waals surface area (Å²) in [6.07, 6.45) is 7.77. The Morgan fingerprint density at radius 1 is 1.12 bits per heavy atom. The van der Waals surface area contributed by atoms with Crippen LogP contribution in [-0.2, 0) is 4.79 Å². The highest BCUT2D eigenvalue weighted by Gasteiger charge is 2.70. The highest BCUT2D eigenvalue weighted by molar-refractivity contribution is 6.33. The summed E-state index contributed by atoms with van der Waals surface area (Å²) in [4.78, 5) is 11.4. The normalized spacial score (nSPS) is 57.0. The number of ketones is 1. The van der Waals surface area contributed by atoms with Gasteiger partial charge in [0, 0.05) is 17.3 Å². The molecule has 3 fully saturated rings. The van der Waals surface area contributed by atoms with E-state index in [2.05, 4.69) is 13.8 Å². The summed E-state index contributed by atoms with van der Waals surface area (Å²) in [5, 5.41) is 10.8. The van der Waals surface area contributed by atoms with Crippen LogP contribution in [0.4, 0.5) is 0 Å². The Kier molecular flexibility index (Phi) is 3.63. The molecule has 0 aromatic rings. The van der Waals surface area contributed by atoms with Gasteiger partial charge in [-0.15, -0.1) is 23.2 Å². The zero-order valence-electron chi connectivity index (χ0n) is 14.9. The lowest BCUT2D eigenvalue weighted by Crippen LogP contribution is -2.66. The molecule has 0 saturated heterocycles. The topological polar surface area (TPSA) is 37.3 Å². The van der Waals surface area contributed by atoms with Crippen LogP contribution in [0.25, 0.3) is 0 Å². The first-order valence-corrected chi connectivity index (χ1v) is 10.2. The maximum Gasteiger partial charge on any atom is 0.155 e. The van der Waals surface area contributed by atoms with Crippen molar-refractivity contribution in [2.24, 2.45) is 22.7 Å². The van der Waals surface area contributed by atoms with Crippen LogP contribution in [0.15, 0.2) is 11.6 Å². The van der Waals surface area contributed by atoms with E-state index in [1.807, 2.05) is 13.0 Å². The second-order valence-corrected chi connectivity index (χ2v) is 10.5. The maximum atomic E-state index is 11.9. The van der Waals surface area contributed by atoms with Crippen molar-refractivity contribution in [1.82, 2.24) is 0 Å². The molecule has 0 bridgehead atoms. The van der Waals surface area contributed by atoms with Crippen molar-refractivity contribution in [3.8, 4) is 0 Å². The fourth-order valence-corrected chi connectivity index (χ4v) is 8.00. The van der Waals surface area contributed by atoms with E-state index in [4.69, 9.17) is 23.2 Å². The molecule has 4 aliphatic rings. The lowest BCUT2D eigenvalue weighted by atomic mass is 9.46. The molecule has 24 heavy (non-hydrogen) atoms. The molecular formula is C20H28Cl2O2. The van der Waals surface area contributed by atoms with Gasteiger partial charge in [-0.1, -0.05) is 19.4 Å². The summed E-state index contributed by atoms with van der Waals surface area (Å²) in [7, 11) is 0. The van der Waals surface area contributed by atoms with Gasteiger partial charge >= 0.3 is 0 Å². The monoisotopic (exact) mass is 370 g/mol. The molecular weight excluding hydrogens is 343 g/mol. The Balaban J connectivity index is 1.82. The van der Waals surface area contributed by atoms with Gasteiger partial charge in [-0.05, 0) is 63.4 Å². The number of hydrogen-bond acceptors (Lipinski definition) is 2. The third-order valence-corrected chi connectivity index (χ3v) is 10.1. The van der Waals surface area contributed by atoms with Crippen molar-refractivity contribution in [3.63, 3.8) is 0 Å². The average molecular weight is 371 g/mol. The Morgan fingerprint density at radius 2 is 1.83 bits per heavy atom. The molecule has 7 atom stereocenters. The Bertz CT molecular complexity index is 627. The minimum atomic E-state index is -0.664. The third-order valence-electron chi connectivity index (χ3n) is 8.56. The summed E-state index contributed by atoms with van der Waals surface area (Å²) >= 11 is 14.5. The van der Waals surface area contributed by atoms with Crippen molar-refractivity contribution in [2.45, 2.75) is 81.6 Å². The predicted molar refractivity (Wildman–Crippen MR) is 97.5 cm³/mol. The summed E-state index contributed by atoms with van der Waals surface area (Å²) in [6.45, 7) is 6.43. The Hall–Kier alpha value is -0.0500. The minimum absolute atomic E-state index is 0.162. The third kappa shape index (κ3) is 1.86. The second-order valence-electron chi connectivity index (χ2n) is 9.39. The molecule has 0 aliphatic heterocycles. The first-order chi connectivity index (χ1) is 11.1. The van der Waals surface area contributed by atoms with E-state index in [-0.39, 0.29) is 22.0 Å². The van der Waals surface area contributed by atoms with E-state index in [0.29, 0.717) is 18.3 Å². The fourth-order valence-electron chi connectivity index (χ4n) is 6.72. The number of halogens is 2. The van der Waals surface area contributed by atoms with Crippen LogP contribution in [0.2, 0.25) is 0 Å². The number of fused-ring (bicyclic) bond motifs is 5. The van der Waals surface area contributed by atoms with Crippen molar-refractivity contribution in [3.05, 3.63) is 11.6 Å². The second kappa shape index (κ2) is 5.02. The zero-order chi connectivity index (χ0) is 17.5. The first-order valence-electron chi connectivity index (χ1n) is 9.35. The SMILES string of the molecule is C[C@]12CCC(=O)C=C1CC[C@H]1[C@@H]3CC[C@@](C)(O)[C@@]3(C)C[C@@H](Cl)[C@@]12Cl. The van der Waals surface area contributed by atoms with Crippen LogP contribution in [0.5, 0.6) is 0 Å². The largest absolute Gasteiger partial charge is 0.390 e. The number of aliphatic hydroxyl groups is 1. The smallest absolute Gasteiger partial charge is 0.155 e. The fraction of sp³-hybridized carbons (Fsp3) is 0.850. The van der Waals surface area contributed by atoms with E-state index >= 15 is 0 Å². The number of rotatable bonds is 0. The van der Waals surface area contributed by atoms with Gasteiger partial charge < -0.3 is 5.11 Å². The van der Waals surface area contributed by atoms with Crippen LogP contribution < -0.4 is 0 Å². The molecule has 1 N–H and O–H groups in total. The number of allylic oxidation sites excluding steroid dienone is 1. The lowest BCUT2D eigenvalue weighted by molar-refractivity contribution is -0.119. The van der Waals surface area contributed by atoms with Gasteiger partial charge in [0.1, 0.15) is 0 Å². The number of alkyl halides is 2. The minimum Gasteiger partial charge on any atom is -0.390 e. The molecule has 4 heteroatoms.